The van der Waals surface area contributed by atoms with Crippen LogP contribution in [0.3, 0.4) is 0 Å². The first kappa shape index (κ1) is 15.5. The second-order valence-electron chi connectivity index (χ2n) is 6.88. The zero-order valence-electron chi connectivity index (χ0n) is 14.5. The Morgan fingerprint density at radius 3 is 2.65 bits per heavy atom. The number of thiazole rings is 1. The van der Waals surface area contributed by atoms with E-state index in [-0.39, 0.29) is 5.56 Å². The molecule has 7 heteroatoms. The minimum absolute atomic E-state index is 0.200. The molecule has 0 atom stereocenters. The predicted octanol–water partition coefficient (Wildman–Crippen LogP) is 3.73. The van der Waals surface area contributed by atoms with Gasteiger partial charge in [0.15, 0.2) is 11.5 Å². The highest BCUT2D eigenvalue weighted by Crippen LogP contribution is 2.41. The standard InChI is InChI=1S/C19H17N5OS/c1-10-5-13(12-3-4-12)6-11(2)16(10)24-7-14-17(23-24)21-18(22-19(14)25)15-8-26-9-20-15/h5-9,12H,3-4H2,1-2H3,(H,21,22,23,25). The smallest absolute Gasteiger partial charge is 0.262 e. The molecular formula is C19H17N5OS. The third-order valence-electron chi connectivity index (χ3n) is 4.86. The molecule has 0 aliphatic heterocycles. The average Bonchev–Trinajstić information content (AvgIpc) is 3.14. The Hall–Kier alpha value is -2.80. The van der Waals surface area contributed by atoms with Gasteiger partial charge in [0.25, 0.3) is 5.56 Å². The minimum atomic E-state index is -0.200. The van der Waals surface area contributed by atoms with Crippen LogP contribution < -0.4 is 5.56 Å². The van der Waals surface area contributed by atoms with Crippen molar-refractivity contribution in [2.75, 3.05) is 0 Å². The quantitative estimate of drug-likeness (QED) is 0.602. The number of H-pyrrole nitrogens is 1. The number of hydrogen-bond donors (Lipinski definition) is 1. The highest BCUT2D eigenvalue weighted by molar-refractivity contribution is 7.07. The Labute approximate surface area is 153 Å². The lowest BCUT2D eigenvalue weighted by molar-refractivity contribution is 0.870. The van der Waals surface area contributed by atoms with Crippen LogP contribution in [0.2, 0.25) is 0 Å². The first-order valence-corrected chi connectivity index (χ1v) is 9.54. The second kappa shape index (κ2) is 5.60. The summed E-state index contributed by atoms with van der Waals surface area (Å²) in [5.41, 5.74) is 7.35. The molecule has 1 aliphatic rings. The lowest BCUT2D eigenvalue weighted by atomic mass is 10.0. The van der Waals surface area contributed by atoms with Gasteiger partial charge in [-0.2, -0.15) is 0 Å². The molecule has 0 radical (unpaired) electrons. The normalized spacial score (nSPS) is 14.2. The van der Waals surface area contributed by atoms with E-state index in [1.54, 1.807) is 16.4 Å². The fourth-order valence-electron chi connectivity index (χ4n) is 3.48. The predicted molar refractivity (Wildman–Crippen MR) is 102 cm³/mol. The van der Waals surface area contributed by atoms with E-state index in [4.69, 9.17) is 0 Å². The molecule has 1 aromatic carbocycles. The van der Waals surface area contributed by atoms with Gasteiger partial charge in [0.1, 0.15) is 11.1 Å². The van der Waals surface area contributed by atoms with Crippen molar-refractivity contribution in [1.29, 1.82) is 0 Å². The Balaban J connectivity index is 1.66. The third-order valence-corrected chi connectivity index (χ3v) is 5.44. The third kappa shape index (κ3) is 2.47. The minimum Gasteiger partial charge on any atom is -0.304 e. The number of fused-ring (bicyclic) bond motifs is 1. The topological polar surface area (TPSA) is 76.5 Å². The molecule has 6 nitrogen and oxygen atoms in total. The SMILES string of the molecule is Cc1cc(C2CC2)cc(C)c1-n1cc2c(=O)[nH]c(-c3cscn3)nc2n1. The number of aryl methyl sites for hydroxylation is 2. The zero-order valence-corrected chi connectivity index (χ0v) is 15.3. The van der Waals surface area contributed by atoms with Crippen molar-refractivity contribution >= 4 is 22.4 Å². The summed E-state index contributed by atoms with van der Waals surface area (Å²) in [7, 11) is 0. The van der Waals surface area contributed by atoms with E-state index >= 15 is 0 Å². The Bertz CT molecular complexity index is 1160. The van der Waals surface area contributed by atoms with Gasteiger partial charge in [-0.1, -0.05) is 12.1 Å². The monoisotopic (exact) mass is 363 g/mol. The van der Waals surface area contributed by atoms with E-state index < -0.39 is 0 Å². The maximum atomic E-state index is 12.5. The molecule has 3 aromatic heterocycles. The van der Waals surface area contributed by atoms with E-state index in [1.165, 1.54) is 29.7 Å². The molecule has 0 amide bonds. The van der Waals surface area contributed by atoms with E-state index in [1.807, 2.05) is 5.38 Å². The van der Waals surface area contributed by atoms with Crippen LogP contribution in [0.4, 0.5) is 0 Å². The van der Waals surface area contributed by atoms with Gasteiger partial charge in [0.05, 0.1) is 11.2 Å². The molecule has 0 saturated heterocycles. The molecule has 130 valence electrons. The Morgan fingerprint density at radius 2 is 2.00 bits per heavy atom. The van der Waals surface area contributed by atoms with Crippen molar-refractivity contribution in [1.82, 2.24) is 24.7 Å². The van der Waals surface area contributed by atoms with E-state index in [0.717, 1.165) is 16.8 Å². The van der Waals surface area contributed by atoms with Crippen molar-refractivity contribution in [3.8, 4) is 17.2 Å². The Kier molecular flexibility index (Phi) is 3.33. The van der Waals surface area contributed by atoms with Gasteiger partial charge < -0.3 is 4.98 Å². The van der Waals surface area contributed by atoms with Crippen LogP contribution >= 0.6 is 11.3 Å². The van der Waals surface area contributed by atoms with Crippen molar-refractivity contribution in [3.05, 3.63) is 56.3 Å². The molecular weight excluding hydrogens is 346 g/mol. The number of rotatable bonds is 3. The van der Waals surface area contributed by atoms with Crippen LogP contribution in [0, 0.1) is 13.8 Å². The summed E-state index contributed by atoms with van der Waals surface area (Å²) in [5, 5.41) is 6.92. The number of benzene rings is 1. The number of aromatic amines is 1. The van der Waals surface area contributed by atoms with Gasteiger partial charge in [-0.25, -0.2) is 14.6 Å². The fraction of sp³-hybridized carbons (Fsp3) is 0.263. The van der Waals surface area contributed by atoms with Gasteiger partial charge in [0, 0.05) is 11.6 Å². The van der Waals surface area contributed by atoms with Crippen molar-refractivity contribution < 1.29 is 0 Å². The summed E-state index contributed by atoms with van der Waals surface area (Å²) in [6.07, 6.45) is 4.32. The Morgan fingerprint density at radius 1 is 1.23 bits per heavy atom. The molecule has 1 aliphatic carbocycles. The maximum absolute atomic E-state index is 12.5. The van der Waals surface area contributed by atoms with Gasteiger partial charge in [-0.05, 0) is 49.3 Å². The van der Waals surface area contributed by atoms with Crippen molar-refractivity contribution in [2.45, 2.75) is 32.6 Å². The van der Waals surface area contributed by atoms with Gasteiger partial charge >= 0.3 is 0 Å². The summed E-state index contributed by atoms with van der Waals surface area (Å²) in [6.45, 7) is 4.19. The maximum Gasteiger partial charge on any atom is 0.262 e. The first-order valence-electron chi connectivity index (χ1n) is 8.60. The van der Waals surface area contributed by atoms with Crippen LogP contribution in [0.15, 0.2) is 34.0 Å². The molecule has 3 heterocycles. The summed E-state index contributed by atoms with van der Waals surface area (Å²) < 4.78 is 1.78. The van der Waals surface area contributed by atoms with Crippen LogP contribution in [0.5, 0.6) is 0 Å². The van der Waals surface area contributed by atoms with Crippen LogP contribution in [0.1, 0.15) is 35.4 Å². The van der Waals surface area contributed by atoms with Crippen LogP contribution in [-0.4, -0.2) is 24.7 Å². The first-order chi connectivity index (χ1) is 12.6. The van der Waals surface area contributed by atoms with E-state index in [2.05, 4.69) is 46.0 Å². The second-order valence-corrected chi connectivity index (χ2v) is 7.60. The summed E-state index contributed by atoms with van der Waals surface area (Å²) in [4.78, 5) is 24.0. The van der Waals surface area contributed by atoms with Gasteiger partial charge in [-0.15, -0.1) is 16.4 Å². The summed E-state index contributed by atoms with van der Waals surface area (Å²) in [6, 6.07) is 4.48. The lowest BCUT2D eigenvalue weighted by Crippen LogP contribution is -2.08. The highest BCUT2D eigenvalue weighted by Gasteiger charge is 2.25. The molecule has 1 saturated carbocycles. The fourth-order valence-corrected chi connectivity index (χ4v) is 4.02. The van der Waals surface area contributed by atoms with Crippen molar-refractivity contribution in [2.24, 2.45) is 0 Å². The molecule has 0 unspecified atom stereocenters. The molecule has 0 bridgehead atoms. The number of nitrogens with zero attached hydrogens (tertiary/aromatic N) is 4. The van der Waals surface area contributed by atoms with Crippen LogP contribution in [-0.2, 0) is 0 Å². The molecule has 5 rings (SSSR count). The zero-order chi connectivity index (χ0) is 17.8. The molecule has 1 fully saturated rings. The lowest BCUT2D eigenvalue weighted by Gasteiger charge is -2.12. The van der Waals surface area contributed by atoms with Gasteiger partial charge in [-0.3, -0.25) is 4.79 Å². The summed E-state index contributed by atoms with van der Waals surface area (Å²) in [5.74, 6) is 1.16. The van der Waals surface area contributed by atoms with E-state index in [0.29, 0.717) is 28.5 Å². The average molecular weight is 363 g/mol. The van der Waals surface area contributed by atoms with Crippen LogP contribution in [0.25, 0.3) is 28.2 Å². The molecule has 26 heavy (non-hydrogen) atoms. The molecule has 4 aromatic rings. The molecule has 1 N–H and O–H groups in total. The summed E-state index contributed by atoms with van der Waals surface area (Å²) >= 11 is 1.46. The number of nitrogens with one attached hydrogen (secondary N) is 1. The van der Waals surface area contributed by atoms with Crippen molar-refractivity contribution in [3.63, 3.8) is 0 Å². The number of hydrogen-bond acceptors (Lipinski definition) is 5. The largest absolute Gasteiger partial charge is 0.304 e. The van der Waals surface area contributed by atoms with Gasteiger partial charge in [0.2, 0.25) is 0 Å². The number of aromatic nitrogens is 5. The van der Waals surface area contributed by atoms with E-state index in [9.17, 15) is 4.79 Å². The highest BCUT2D eigenvalue weighted by atomic mass is 32.1. The molecule has 0 spiro atoms.